The summed E-state index contributed by atoms with van der Waals surface area (Å²) in [5, 5.41) is 0.966. The zero-order valence-electron chi connectivity index (χ0n) is 12.8. The van der Waals surface area contributed by atoms with Crippen LogP contribution in [0.2, 0.25) is 0 Å². The minimum atomic E-state index is -3.81. The van der Waals surface area contributed by atoms with Crippen molar-refractivity contribution in [3.8, 4) is 0 Å². The molecule has 6 heteroatoms. The van der Waals surface area contributed by atoms with Gasteiger partial charge in [-0.05, 0) is 38.3 Å². The molecule has 0 saturated carbocycles. The van der Waals surface area contributed by atoms with Crippen molar-refractivity contribution in [2.75, 3.05) is 0 Å². The van der Waals surface area contributed by atoms with E-state index in [2.05, 4.69) is 0 Å². The lowest BCUT2D eigenvalue weighted by Gasteiger charge is -2.41. The molecule has 0 aromatic heterocycles. The highest BCUT2D eigenvalue weighted by Crippen LogP contribution is 2.50. The third-order valence-electron chi connectivity index (χ3n) is 3.91. The van der Waals surface area contributed by atoms with Crippen LogP contribution >= 0.6 is 0 Å². The Morgan fingerprint density at radius 1 is 1.27 bits per heavy atom. The highest BCUT2D eigenvalue weighted by molar-refractivity contribution is 7.92. The fraction of sp³-hybridized carbons (Fsp3) is 0.438. The molecule has 2 atom stereocenters. The standard InChI is InChI=1S/C16H19NO4S/c1-16(2,3)21-8-9-22(19,20)17-14-12-7-5-4-6-11(12)10-13(14)15(17)18/h4-9,13-14H,10H2,1-3H3/b9-8+. The van der Waals surface area contributed by atoms with Crippen molar-refractivity contribution in [3.63, 3.8) is 0 Å². The van der Waals surface area contributed by atoms with Crippen LogP contribution in [0.3, 0.4) is 0 Å². The van der Waals surface area contributed by atoms with E-state index in [1.165, 1.54) is 0 Å². The van der Waals surface area contributed by atoms with Crippen molar-refractivity contribution >= 4 is 15.9 Å². The van der Waals surface area contributed by atoms with Gasteiger partial charge in [0.25, 0.3) is 10.0 Å². The average molecular weight is 321 g/mol. The Labute approximate surface area is 130 Å². The third kappa shape index (κ3) is 2.41. The van der Waals surface area contributed by atoms with E-state index in [0.29, 0.717) is 6.42 Å². The molecule has 0 radical (unpaired) electrons. The summed E-state index contributed by atoms with van der Waals surface area (Å²) in [7, 11) is -3.81. The molecule has 1 saturated heterocycles. The summed E-state index contributed by atoms with van der Waals surface area (Å²) in [4.78, 5) is 12.2. The minimum Gasteiger partial charge on any atom is -0.495 e. The highest BCUT2D eigenvalue weighted by atomic mass is 32.2. The summed E-state index contributed by atoms with van der Waals surface area (Å²) in [5.41, 5.74) is 1.51. The van der Waals surface area contributed by atoms with Crippen molar-refractivity contribution in [1.82, 2.24) is 4.31 Å². The second-order valence-electron chi connectivity index (χ2n) is 6.64. The van der Waals surface area contributed by atoms with Crippen molar-refractivity contribution in [1.29, 1.82) is 0 Å². The predicted octanol–water partition coefficient (Wildman–Crippen LogP) is 2.36. The molecule has 1 heterocycles. The lowest BCUT2D eigenvalue weighted by atomic mass is 9.91. The van der Waals surface area contributed by atoms with Gasteiger partial charge in [-0.3, -0.25) is 4.79 Å². The van der Waals surface area contributed by atoms with Gasteiger partial charge in [0.2, 0.25) is 5.91 Å². The predicted molar refractivity (Wildman–Crippen MR) is 82.1 cm³/mol. The molecule has 1 amide bonds. The van der Waals surface area contributed by atoms with Crippen LogP contribution in [0.4, 0.5) is 0 Å². The van der Waals surface area contributed by atoms with Crippen molar-refractivity contribution in [2.45, 2.75) is 38.8 Å². The molecule has 1 aromatic rings. The largest absolute Gasteiger partial charge is 0.495 e. The molecule has 22 heavy (non-hydrogen) atoms. The number of hydrogen-bond donors (Lipinski definition) is 0. The number of carbonyl (C=O) groups excluding carboxylic acids is 1. The lowest BCUT2D eigenvalue weighted by molar-refractivity contribution is -0.145. The Bertz CT molecular complexity index is 746. The van der Waals surface area contributed by atoms with Crippen LogP contribution in [-0.2, 0) is 26.0 Å². The van der Waals surface area contributed by atoms with Crippen molar-refractivity contribution in [3.05, 3.63) is 47.1 Å². The summed E-state index contributed by atoms with van der Waals surface area (Å²) >= 11 is 0. The van der Waals surface area contributed by atoms with E-state index in [9.17, 15) is 13.2 Å². The van der Waals surface area contributed by atoms with E-state index in [1.54, 1.807) is 0 Å². The molecule has 2 unspecified atom stereocenters. The summed E-state index contributed by atoms with van der Waals surface area (Å²) in [5.74, 6) is -0.578. The van der Waals surface area contributed by atoms with E-state index < -0.39 is 15.6 Å². The van der Waals surface area contributed by atoms with Gasteiger partial charge in [-0.15, -0.1) is 0 Å². The van der Waals surface area contributed by atoms with Gasteiger partial charge in [-0.2, -0.15) is 0 Å². The molecular weight excluding hydrogens is 302 g/mol. The average Bonchev–Trinajstić information content (AvgIpc) is 2.71. The Morgan fingerprint density at radius 3 is 2.64 bits per heavy atom. The number of fused-ring (bicyclic) bond motifs is 3. The Hall–Kier alpha value is -1.82. The molecular formula is C16H19NO4S. The second-order valence-corrected chi connectivity index (χ2v) is 8.33. The molecule has 5 nitrogen and oxygen atoms in total. The smallest absolute Gasteiger partial charge is 0.263 e. The molecule has 2 aliphatic rings. The SMILES string of the molecule is CC(C)(C)O/C=C/S(=O)(=O)N1C(=O)C2Cc3ccccc3C21. The Morgan fingerprint density at radius 2 is 1.95 bits per heavy atom. The van der Waals surface area contributed by atoms with Crippen LogP contribution in [-0.4, -0.2) is 24.2 Å². The van der Waals surface area contributed by atoms with Crippen LogP contribution in [0, 0.1) is 5.92 Å². The number of ether oxygens (including phenoxy) is 1. The van der Waals surface area contributed by atoms with Gasteiger partial charge in [0, 0.05) is 0 Å². The normalized spacial score (nSPS) is 24.1. The zero-order valence-corrected chi connectivity index (χ0v) is 13.6. The van der Waals surface area contributed by atoms with E-state index in [-0.39, 0.29) is 17.9 Å². The molecule has 1 aliphatic heterocycles. The fourth-order valence-electron chi connectivity index (χ4n) is 2.96. The van der Waals surface area contributed by atoms with Crippen molar-refractivity contribution in [2.24, 2.45) is 5.92 Å². The Kier molecular flexibility index (Phi) is 3.32. The number of amides is 1. The maximum Gasteiger partial charge on any atom is 0.263 e. The first-order valence-electron chi connectivity index (χ1n) is 7.21. The van der Waals surface area contributed by atoms with Gasteiger partial charge in [0.1, 0.15) is 0 Å². The zero-order chi connectivity index (χ0) is 16.1. The van der Waals surface area contributed by atoms with E-state index in [4.69, 9.17) is 4.74 Å². The quantitative estimate of drug-likeness (QED) is 0.633. The van der Waals surface area contributed by atoms with Gasteiger partial charge >= 0.3 is 0 Å². The van der Waals surface area contributed by atoms with Crippen LogP contribution in [0.1, 0.15) is 37.9 Å². The maximum atomic E-state index is 12.4. The summed E-state index contributed by atoms with van der Waals surface area (Å²) < 4.78 is 31.1. The number of nitrogens with zero attached hydrogens (tertiary/aromatic N) is 1. The molecule has 1 fully saturated rings. The third-order valence-corrected chi connectivity index (χ3v) is 5.32. The monoisotopic (exact) mass is 321 g/mol. The lowest BCUT2D eigenvalue weighted by Crippen LogP contribution is -2.55. The fourth-order valence-corrected chi connectivity index (χ4v) is 4.25. The van der Waals surface area contributed by atoms with Gasteiger partial charge in [0.15, 0.2) is 0 Å². The van der Waals surface area contributed by atoms with Gasteiger partial charge < -0.3 is 4.74 Å². The molecule has 118 valence electrons. The number of carbonyl (C=O) groups is 1. The number of β-lactam (4-membered cyclic amide) rings is 1. The molecule has 0 N–H and O–H groups in total. The molecule has 1 aromatic carbocycles. The summed E-state index contributed by atoms with van der Waals surface area (Å²) in [6.45, 7) is 5.46. The van der Waals surface area contributed by atoms with Crippen LogP contribution in [0.15, 0.2) is 35.9 Å². The number of benzene rings is 1. The van der Waals surface area contributed by atoms with Gasteiger partial charge in [-0.25, -0.2) is 12.7 Å². The van der Waals surface area contributed by atoms with Crippen LogP contribution in [0.25, 0.3) is 0 Å². The first-order valence-corrected chi connectivity index (χ1v) is 8.71. The molecule has 0 spiro atoms. The van der Waals surface area contributed by atoms with Crippen LogP contribution < -0.4 is 0 Å². The molecule has 1 aliphatic carbocycles. The van der Waals surface area contributed by atoms with E-state index in [1.807, 2.05) is 45.0 Å². The second kappa shape index (κ2) is 4.84. The first kappa shape index (κ1) is 15.1. The summed E-state index contributed by atoms with van der Waals surface area (Å²) in [6.07, 6.45) is 1.77. The van der Waals surface area contributed by atoms with Crippen molar-refractivity contribution < 1.29 is 17.9 Å². The first-order chi connectivity index (χ1) is 10.2. The van der Waals surface area contributed by atoms with Crippen LogP contribution in [0.5, 0.6) is 0 Å². The van der Waals surface area contributed by atoms with Gasteiger partial charge in [0.05, 0.1) is 29.2 Å². The van der Waals surface area contributed by atoms with E-state index >= 15 is 0 Å². The van der Waals surface area contributed by atoms with Gasteiger partial charge in [-0.1, -0.05) is 24.3 Å². The Balaban J connectivity index is 1.85. The number of hydrogen-bond acceptors (Lipinski definition) is 4. The topological polar surface area (TPSA) is 63.7 Å². The summed E-state index contributed by atoms with van der Waals surface area (Å²) in [6, 6.07) is 7.25. The number of sulfonamides is 1. The molecule has 3 rings (SSSR count). The molecule has 0 bridgehead atoms. The highest BCUT2D eigenvalue weighted by Gasteiger charge is 2.56. The maximum absolute atomic E-state index is 12.4. The number of rotatable bonds is 3. The minimum absolute atomic E-state index is 0.246. The van der Waals surface area contributed by atoms with E-state index in [0.717, 1.165) is 27.1 Å².